The smallest absolute Gasteiger partial charge is 0.272 e. The van der Waals surface area contributed by atoms with Crippen LogP contribution >= 0.6 is 0 Å². The number of aryl methyl sites for hydroxylation is 1. The molecule has 0 aliphatic carbocycles. The maximum Gasteiger partial charge on any atom is 0.272 e. The lowest BCUT2D eigenvalue weighted by Crippen LogP contribution is -2.42. The molecule has 0 amide bonds. The van der Waals surface area contributed by atoms with Crippen LogP contribution in [0.5, 0.6) is 0 Å². The molecule has 1 fully saturated rings. The number of nitrogens with two attached hydrogens (primary N) is 1. The summed E-state index contributed by atoms with van der Waals surface area (Å²) in [7, 11) is 0. The second kappa shape index (κ2) is 5.57. The fourth-order valence-corrected chi connectivity index (χ4v) is 2.73. The van der Waals surface area contributed by atoms with Gasteiger partial charge >= 0.3 is 0 Å². The zero-order valence-corrected chi connectivity index (χ0v) is 11.5. The second-order valence-electron chi connectivity index (χ2n) is 5.44. The minimum atomic E-state index is -0.333. The maximum absolute atomic E-state index is 10.8. The van der Waals surface area contributed by atoms with E-state index in [0.29, 0.717) is 23.9 Å². The van der Waals surface area contributed by atoms with Crippen LogP contribution in [0.25, 0.3) is 0 Å². The molecular formula is C14H21N3O2. The molecule has 0 radical (unpaired) electrons. The number of piperidine rings is 1. The molecule has 1 heterocycles. The SMILES string of the molecule is Cc1cc(N2CCC(C)C(CN)C2)ccc1[N+](=O)[O-]. The Morgan fingerprint density at radius 1 is 1.53 bits per heavy atom. The summed E-state index contributed by atoms with van der Waals surface area (Å²) in [6.45, 7) is 6.66. The summed E-state index contributed by atoms with van der Waals surface area (Å²) in [6.07, 6.45) is 1.12. The largest absolute Gasteiger partial charge is 0.371 e. The van der Waals surface area contributed by atoms with E-state index in [0.717, 1.165) is 25.2 Å². The lowest BCUT2D eigenvalue weighted by atomic mass is 9.87. The number of hydrogen-bond donors (Lipinski definition) is 1. The molecule has 1 aromatic rings. The number of rotatable bonds is 3. The Hall–Kier alpha value is -1.62. The molecule has 2 atom stereocenters. The van der Waals surface area contributed by atoms with Gasteiger partial charge in [0.1, 0.15) is 0 Å². The van der Waals surface area contributed by atoms with Crippen molar-refractivity contribution in [1.29, 1.82) is 0 Å². The monoisotopic (exact) mass is 263 g/mol. The van der Waals surface area contributed by atoms with E-state index in [2.05, 4.69) is 11.8 Å². The third kappa shape index (κ3) is 2.87. The van der Waals surface area contributed by atoms with E-state index in [9.17, 15) is 10.1 Å². The van der Waals surface area contributed by atoms with Gasteiger partial charge < -0.3 is 10.6 Å². The van der Waals surface area contributed by atoms with Gasteiger partial charge in [0.25, 0.3) is 5.69 Å². The average molecular weight is 263 g/mol. The highest BCUT2D eigenvalue weighted by molar-refractivity contribution is 5.55. The quantitative estimate of drug-likeness (QED) is 0.671. The highest BCUT2D eigenvalue weighted by Crippen LogP contribution is 2.29. The average Bonchev–Trinajstić information content (AvgIpc) is 2.38. The third-order valence-corrected chi connectivity index (χ3v) is 4.16. The minimum absolute atomic E-state index is 0.185. The molecule has 2 N–H and O–H groups in total. The third-order valence-electron chi connectivity index (χ3n) is 4.16. The van der Waals surface area contributed by atoms with Gasteiger partial charge in [-0.15, -0.1) is 0 Å². The van der Waals surface area contributed by atoms with E-state index < -0.39 is 0 Å². The van der Waals surface area contributed by atoms with Crippen LogP contribution in [0.15, 0.2) is 18.2 Å². The number of anilines is 1. The Morgan fingerprint density at radius 3 is 2.84 bits per heavy atom. The van der Waals surface area contributed by atoms with Crippen molar-refractivity contribution < 1.29 is 4.92 Å². The number of benzene rings is 1. The standard InChI is InChI=1S/C14H21N3O2/c1-10-5-6-16(9-12(10)8-15)13-3-4-14(17(18)19)11(2)7-13/h3-4,7,10,12H,5-6,8-9,15H2,1-2H3. The normalized spacial score (nSPS) is 23.4. The van der Waals surface area contributed by atoms with E-state index in [1.165, 1.54) is 0 Å². The van der Waals surface area contributed by atoms with Crippen LogP contribution in [-0.2, 0) is 0 Å². The molecule has 5 nitrogen and oxygen atoms in total. The molecule has 19 heavy (non-hydrogen) atoms. The van der Waals surface area contributed by atoms with Gasteiger partial charge in [0, 0.05) is 30.4 Å². The first-order valence-corrected chi connectivity index (χ1v) is 6.73. The zero-order chi connectivity index (χ0) is 14.0. The number of nitro benzene ring substituents is 1. The topological polar surface area (TPSA) is 72.4 Å². The van der Waals surface area contributed by atoms with Crippen molar-refractivity contribution in [3.63, 3.8) is 0 Å². The maximum atomic E-state index is 10.8. The van der Waals surface area contributed by atoms with Crippen LogP contribution in [0.2, 0.25) is 0 Å². The molecular weight excluding hydrogens is 242 g/mol. The van der Waals surface area contributed by atoms with Gasteiger partial charge in [-0.05, 0) is 43.9 Å². The minimum Gasteiger partial charge on any atom is -0.371 e. The Labute approximate surface area is 113 Å². The van der Waals surface area contributed by atoms with Gasteiger partial charge in [-0.1, -0.05) is 6.92 Å². The molecule has 0 aromatic heterocycles. The highest BCUT2D eigenvalue weighted by atomic mass is 16.6. The predicted octanol–water partition coefficient (Wildman–Crippen LogP) is 2.32. The summed E-state index contributed by atoms with van der Waals surface area (Å²) in [5, 5.41) is 10.8. The summed E-state index contributed by atoms with van der Waals surface area (Å²) in [5.41, 5.74) is 7.77. The molecule has 1 aliphatic heterocycles. The molecule has 2 rings (SSSR count). The number of nitrogens with zero attached hydrogens (tertiary/aromatic N) is 2. The molecule has 0 bridgehead atoms. The Balaban J connectivity index is 2.18. The van der Waals surface area contributed by atoms with Crippen LogP contribution in [0.1, 0.15) is 18.9 Å². The molecule has 2 unspecified atom stereocenters. The van der Waals surface area contributed by atoms with Crippen LogP contribution in [0, 0.1) is 28.9 Å². The van der Waals surface area contributed by atoms with Crippen LogP contribution in [0.3, 0.4) is 0 Å². The number of hydrogen-bond acceptors (Lipinski definition) is 4. The van der Waals surface area contributed by atoms with Gasteiger partial charge in [0.05, 0.1) is 4.92 Å². The van der Waals surface area contributed by atoms with Crippen molar-refractivity contribution in [2.45, 2.75) is 20.3 Å². The fourth-order valence-electron chi connectivity index (χ4n) is 2.73. The van der Waals surface area contributed by atoms with Gasteiger partial charge in [-0.3, -0.25) is 10.1 Å². The Morgan fingerprint density at radius 2 is 2.26 bits per heavy atom. The van der Waals surface area contributed by atoms with Crippen molar-refractivity contribution in [3.05, 3.63) is 33.9 Å². The summed E-state index contributed by atoms with van der Waals surface area (Å²) >= 11 is 0. The van der Waals surface area contributed by atoms with Crippen LogP contribution < -0.4 is 10.6 Å². The van der Waals surface area contributed by atoms with Crippen LogP contribution in [-0.4, -0.2) is 24.6 Å². The Bertz CT molecular complexity index is 476. The lowest BCUT2D eigenvalue weighted by Gasteiger charge is -2.38. The van der Waals surface area contributed by atoms with E-state index in [4.69, 9.17) is 5.73 Å². The summed E-state index contributed by atoms with van der Waals surface area (Å²) in [5.74, 6) is 1.16. The first-order valence-electron chi connectivity index (χ1n) is 6.73. The van der Waals surface area contributed by atoms with Gasteiger partial charge in [0.2, 0.25) is 0 Å². The second-order valence-corrected chi connectivity index (χ2v) is 5.44. The summed E-state index contributed by atoms with van der Waals surface area (Å²) in [4.78, 5) is 12.8. The van der Waals surface area contributed by atoms with Crippen molar-refractivity contribution in [2.75, 3.05) is 24.5 Å². The van der Waals surface area contributed by atoms with Crippen LogP contribution in [0.4, 0.5) is 11.4 Å². The molecule has 104 valence electrons. The van der Waals surface area contributed by atoms with Gasteiger partial charge in [0.15, 0.2) is 0 Å². The molecule has 1 saturated heterocycles. The van der Waals surface area contributed by atoms with Crippen molar-refractivity contribution in [1.82, 2.24) is 0 Å². The Kier molecular flexibility index (Phi) is 4.04. The first-order chi connectivity index (χ1) is 9.02. The van der Waals surface area contributed by atoms with E-state index in [1.807, 2.05) is 12.1 Å². The molecule has 1 aromatic carbocycles. The van der Waals surface area contributed by atoms with E-state index in [-0.39, 0.29) is 10.6 Å². The summed E-state index contributed by atoms with van der Waals surface area (Å²) in [6, 6.07) is 5.34. The lowest BCUT2D eigenvalue weighted by molar-refractivity contribution is -0.385. The van der Waals surface area contributed by atoms with Crippen molar-refractivity contribution >= 4 is 11.4 Å². The number of nitro groups is 1. The molecule has 1 aliphatic rings. The molecule has 0 spiro atoms. The molecule has 0 saturated carbocycles. The first kappa shape index (κ1) is 13.8. The van der Waals surface area contributed by atoms with Crippen molar-refractivity contribution in [3.8, 4) is 0 Å². The fraction of sp³-hybridized carbons (Fsp3) is 0.571. The van der Waals surface area contributed by atoms with Gasteiger partial charge in [-0.2, -0.15) is 0 Å². The molecule has 5 heteroatoms. The highest BCUT2D eigenvalue weighted by Gasteiger charge is 2.25. The van der Waals surface area contributed by atoms with E-state index >= 15 is 0 Å². The summed E-state index contributed by atoms with van der Waals surface area (Å²) < 4.78 is 0. The van der Waals surface area contributed by atoms with Gasteiger partial charge in [-0.25, -0.2) is 0 Å². The predicted molar refractivity (Wildman–Crippen MR) is 76.4 cm³/mol. The van der Waals surface area contributed by atoms with E-state index in [1.54, 1.807) is 13.0 Å². The van der Waals surface area contributed by atoms with Crippen molar-refractivity contribution in [2.24, 2.45) is 17.6 Å². The zero-order valence-electron chi connectivity index (χ0n) is 11.5.